The van der Waals surface area contributed by atoms with Gasteiger partial charge in [0, 0.05) is 5.54 Å². The molecule has 4 aliphatic carbocycles. The van der Waals surface area contributed by atoms with Crippen molar-refractivity contribution in [2.24, 2.45) is 51.6 Å². The zero-order valence-corrected chi connectivity index (χ0v) is 21.3. The highest BCUT2D eigenvalue weighted by Crippen LogP contribution is 2.73. The number of nitrogens with two attached hydrogens (primary N) is 1. The van der Waals surface area contributed by atoms with Gasteiger partial charge in [0.1, 0.15) is 0 Å². The molecule has 4 aliphatic rings. The summed E-state index contributed by atoms with van der Waals surface area (Å²) in [6.45, 7) is 17.7. The Labute approximate surface area is 188 Å². The van der Waals surface area contributed by atoms with Crippen molar-refractivity contribution in [3.05, 3.63) is 11.6 Å². The SMILES string of the molecule is CC(C)CCCC(C)C1CCC2(C)C1(C)CCC1C3(C)CCC(C)CC3=CCC12N. The first-order chi connectivity index (χ1) is 14.0. The molecule has 0 aliphatic heterocycles. The largest absolute Gasteiger partial charge is 0.324 e. The molecule has 0 spiro atoms. The molecule has 0 radical (unpaired) electrons. The standard InChI is InChI=1S/C29H51N/c1-20(2)9-8-10-22(4)24-13-17-28(7)27(24,6)16-14-25-26(5)15-11-21(3)19-23(26)12-18-29(25,28)30/h12,20-22,24-25H,8-11,13-19,30H2,1-7H3. The van der Waals surface area contributed by atoms with E-state index in [4.69, 9.17) is 5.73 Å². The minimum Gasteiger partial charge on any atom is -0.324 e. The average Bonchev–Trinajstić information content (AvgIpc) is 2.95. The highest BCUT2D eigenvalue weighted by Gasteiger charge is 2.70. The maximum absolute atomic E-state index is 7.65. The van der Waals surface area contributed by atoms with E-state index in [9.17, 15) is 0 Å². The average molecular weight is 414 g/mol. The van der Waals surface area contributed by atoms with Crippen LogP contribution in [0.1, 0.15) is 119 Å². The Morgan fingerprint density at radius 1 is 1.00 bits per heavy atom. The van der Waals surface area contributed by atoms with Crippen molar-refractivity contribution >= 4 is 0 Å². The lowest BCUT2D eigenvalue weighted by molar-refractivity contribution is -0.128. The highest BCUT2D eigenvalue weighted by molar-refractivity contribution is 5.32. The zero-order valence-electron chi connectivity index (χ0n) is 21.3. The molecule has 4 rings (SSSR count). The smallest absolute Gasteiger partial charge is 0.0286 e. The van der Waals surface area contributed by atoms with Crippen LogP contribution in [0, 0.1) is 45.8 Å². The topological polar surface area (TPSA) is 26.0 Å². The van der Waals surface area contributed by atoms with Crippen LogP contribution in [0.4, 0.5) is 0 Å². The molecule has 3 fully saturated rings. The van der Waals surface area contributed by atoms with E-state index in [1.165, 1.54) is 64.2 Å². The lowest BCUT2D eigenvalue weighted by atomic mass is 9.39. The van der Waals surface area contributed by atoms with E-state index < -0.39 is 0 Å². The molecule has 0 bridgehead atoms. The van der Waals surface area contributed by atoms with Crippen LogP contribution in [-0.2, 0) is 0 Å². The Bertz CT molecular complexity index is 678. The van der Waals surface area contributed by atoms with Gasteiger partial charge in [-0.25, -0.2) is 0 Å². The molecule has 0 heterocycles. The van der Waals surface area contributed by atoms with Crippen LogP contribution in [0.15, 0.2) is 11.6 Å². The van der Waals surface area contributed by atoms with Gasteiger partial charge in [-0.1, -0.05) is 79.4 Å². The van der Waals surface area contributed by atoms with Gasteiger partial charge >= 0.3 is 0 Å². The zero-order chi connectivity index (χ0) is 21.9. The summed E-state index contributed by atoms with van der Waals surface area (Å²) >= 11 is 0. The fourth-order valence-electron chi connectivity index (χ4n) is 9.41. The van der Waals surface area contributed by atoms with Crippen LogP contribution in [0.25, 0.3) is 0 Å². The summed E-state index contributed by atoms with van der Waals surface area (Å²) in [6, 6.07) is 0. The fraction of sp³-hybridized carbons (Fsp3) is 0.931. The van der Waals surface area contributed by atoms with Crippen LogP contribution >= 0.6 is 0 Å². The monoisotopic (exact) mass is 413 g/mol. The van der Waals surface area contributed by atoms with Crippen LogP contribution < -0.4 is 5.73 Å². The molecule has 0 saturated heterocycles. The van der Waals surface area contributed by atoms with Crippen molar-refractivity contribution in [2.75, 3.05) is 0 Å². The van der Waals surface area contributed by atoms with Gasteiger partial charge in [0.15, 0.2) is 0 Å². The van der Waals surface area contributed by atoms with Gasteiger partial charge < -0.3 is 5.73 Å². The summed E-state index contributed by atoms with van der Waals surface area (Å²) in [6.07, 6.45) is 17.6. The maximum Gasteiger partial charge on any atom is 0.0286 e. The van der Waals surface area contributed by atoms with E-state index >= 15 is 0 Å². The molecule has 2 N–H and O–H groups in total. The third kappa shape index (κ3) is 3.11. The van der Waals surface area contributed by atoms with Crippen molar-refractivity contribution in [1.82, 2.24) is 0 Å². The third-order valence-electron chi connectivity index (χ3n) is 11.7. The van der Waals surface area contributed by atoms with Crippen molar-refractivity contribution in [2.45, 2.75) is 125 Å². The number of fused-ring (bicyclic) bond motifs is 5. The molecule has 0 aromatic rings. The summed E-state index contributed by atoms with van der Waals surface area (Å²) in [4.78, 5) is 0. The molecule has 0 aromatic carbocycles. The minimum atomic E-state index is -0.00870. The first-order valence-electron chi connectivity index (χ1n) is 13.5. The molecule has 3 saturated carbocycles. The highest BCUT2D eigenvalue weighted by atomic mass is 14.9. The number of hydrogen-bond acceptors (Lipinski definition) is 1. The quantitative estimate of drug-likeness (QED) is 0.452. The Kier molecular flexibility index (Phi) is 5.82. The van der Waals surface area contributed by atoms with E-state index in [2.05, 4.69) is 54.5 Å². The fourth-order valence-corrected chi connectivity index (χ4v) is 9.41. The molecular weight excluding hydrogens is 362 g/mol. The Balaban J connectivity index is 1.61. The van der Waals surface area contributed by atoms with Crippen LogP contribution in [-0.4, -0.2) is 5.54 Å². The van der Waals surface area contributed by atoms with Crippen molar-refractivity contribution in [3.8, 4) is 0 Å². The molecule has 30 heavy (non-hydrogen) atoms. The van der Waals surface area contributed by atoms with E-state index in [-0.39, 0.29) is 11.0 Å². The summed E-state index contributed by atoms with van der Waals surface area (Å²) in [5.74, 6) is 4.09. The first kappa shape index (κ1) is 22.9. The van der Waals surface area contributed by atoms with Gasteiger partial charge in [-0.15, -0.1) is 0 Å². The van der Waals surface area contributed by atoms with E-state index in [0.717, 1.165) is 30.1 Å². The number of rotatable bonds is 5. The molecule has 1 heteroatoms. The molecule has 0 amide bonds. The minimum absolute atomic E-state index is 0.00870. The number of allylic oxidation sites excluding steroid dienone is 1. The summed E-state index contributed by atoms with van der Waals surface area (Å²) in [5, 5.41) is 0. The Hall–Kier alpha value is -0.300. The first-order valence-corrected chi connectivity index (χ1v) is 13.5. The van der Waals surface area contributed by atoms with Crippen LogP contribution in [0.5, 0.6) is 0 Å². The van der Waals surface area contributed by atoms with E-state index in [0.29, 0.717) is 16.7 Å². The third-order valence-corrected chi connectivity index (χ3v) is 11.7. The lowest BCUT2D eigenvalue weighted by Crippen LogP contribution is -2.70. The number of hydrogen-bond donors (Lipinski definition) is 1. The van der Waals surface area contributed by atoms with Crippen molar-refractivity contribution in [1.29, 1.82) is 0 Å². The van der Waals surface area contributed by atoms with Gasteiger partial charge in [-0.2, -0.15) is 0 Å². The molecule has 8 atom stereocenters. The van der Waals surface area contributed by atoms with E-state index in [1.807, 2.05) is 0 Å². The Morgan fingerprint density at radius 2 is 1.73 bits per heavy atom. The van der Waals surface area contributed by atoms with Gasteiger partial charge in [0.2, 0.25) is 0 Å². The van der Waals surface area contributed by atoms with Gasteiger partial charge in [0.05, 0.1) is 0 Å². The molecule has 8 unspecified atom stereocenters. The molecule has 172 valence electrons. The van der Waals surface area contributed by atoms with Crippen LogP contribution in [0.3, 0.4) is 0 Å². The molecule has 0 aromatic heterocycles. The van der Waals surface area contributed by atoms with Crippen LogP contribution in [0.2, 0.25) is 0 Å². The van der Waals surface area contributed by atoms with E-state index in [1.54, 1.807) is 5.57 Å². The lowest BCUT2D eigenvalue weighted by Gasteiger charge is -2.68. The molecular formula is C29H51N. The summed E-state index contributed by atoms with van der Waals surface area (Å²) in [5.41, 5.74) is 10.5. The second-order valence-electron chi connectivity index (χ2n) is 13.5. The van der Waals surface area contributed by atoms with Gasteiger partial charge in [0.25, 0.3) is 0 Å². The van der Waals surface area contributed by atoms with Gasteiger partial charge in [-0.05, 0) is 97.2 Å². The van der Waals surface area contributed by atoms with Gasteiger partial charge in [-0.3, -0.25) is 0 Å². The molecule has 1 nitrogen and oxygen atoms in total. The predicted molar refractivity (Wildman–Crippen MR) is 130 cm³/mol. The summed E-state index contributed by atoms with van der Waals surface area (Å²) < 4.78 is 0. The summed E-state index contributed by atoms with van der Waals surface area (Å²) in [7, 11) is 0. The Morgan fingerprint density at radius 3 is 2.43 bits per heavy atom. The second kappa shape index (κ2) is 7.64. The maximum atomic E-state index is 7.65. The predicted octanol–water partition coefficient (Wildman–Crippen LogP) is 8.14. The van der Waals surface area contributed by atoms with Crippen molar-refractivity contribution < 1.29 is 0 Å². The second-order valence-corrected chi connectivity index (χ2v) is 13.5. The van der Waals surface area contributed by atoms with Crippen molar-refractivity contribution in [3.63, 3.8) is 0 Å². The normalized spacial score (nSPS) is 49.2.